The predicted octanol–water partition coefficient (Wildman–Crippen LogP) is 4.09. The van der Waals surface area contributed by atoms with E-state index in [0.29, 0.717) is 0 Å². The van der Waals surface area contributed by atoms with Crippen molar-refractivity contribution in [3.63, 3.8) is 0 Å². The summed E-state index contributed by atoms with van der Waals surface area (Å²) < 4.78 is 26.1. The number of ketones is 1. The summed E-state index contributed by atoms with van der Waals surface area (Å²) in [6.07, 6.45) is 0. The van der Waals surface area contributed by atoms with Gasteiger partial charge in [0.05, 0.1) is 10.9 Å². The Hall–Kier alpha value is -1.63. The second-order valence-corrected chi connectivity index (χ2v) is 12.0. The van der Waals surface area contributed by atoms with Gasteiger partial charge in [-0.3, -0.25) is 4.79 Å². The molecule has 0 aliphatic heterocycles. The zero-order chi connectivity index (χ0) is 21.5. The Labute approximate surface area is 164 Å². The molecule has 0 aliphatic rings. The fraction of sp³-hybridized carbons (Fsp3) is 0.700. The first kappa shape index (κ1) is 23.4. The first-order valence-electron chi connectivity index (χ1n) is 9.31. The molecule has 0 radical (unpaired) electrons. The van der Waals surface area contributed by atoms with Gasteiger partial charge in [-0.15, -0.1) is 0 Å². The van der Waals surface area contributed by atoms with Crippen molar-refractivity contribution in [2.24, 2.45) is 5.92 Å². The first-order chi connectivity index (χ1) is 11.9. The van der Waals surface area contributed by atoms with Crippen LogP contribution in [0.5, 0.6) is 0 Å². The highest BCUT2D eigenvalue weighted by atomic mass is 32.2. The highest BCUT2D eigenvalue weighted by molar-refractivity contribution is 7.92. The van der Waals surface area contributed by atoms with Crippen molar-refractivity contribution < 1.29 is 13.2 Å². The smallest absolute Gasteiger partial charge is 0.185 e. The Morgan fingerprint density at radius 2 is 1.48 bits per heavy atom. The molecule has 0 saturated heterocycles. The van der Waals surface area contributed by atoms with E-state index < -0.39 is 26.2 Å². The maximum Gasteiger partial charge on any atom is 0.185 e. The van der Waals surface area contributed by atoms with Gasteiger partial charge in [0.15, 0.2) is 15.6 Å². The van der Waals surface area contributed by atoms with Crippen LogP contribution >= 0.6 is 0 Å². The number of hydrogen-bond donors (Lipinski definition) is 1. The van der Waals surface area contributed by atoms with Crippen molar-refractivity contribution in [1.82, 2.24) is 4.98 Å². The van der Waals surface area contributed by atoms with Crippen LogP contribution in [-0.2, 0) is 9.84 Å². The number of nitrogen functional groups attached to an aromatic ring is 1. The third-order valence-corrected chi connectivity index (χ3v) is 6.39. The number of rotatable bonds is 5. The average Bonchev–Trinajstić information content (AvgIpc) is 2.44. The van der Waals surface area contributed by atoms with Gasteiger partial charge < -0.3 is 10.6 Å². The van der Waals surface area contributed by atoms with Gasteiger partial charge in [-0.1, -0.05) is 13.8 Å². The fourth-order valence-electron chi connectivity index (χ4n) is 3.24. The van der Waals surface area contributed by atoms with Crippen molar-refractivity contribution in [3.8, 4) is 0 Å². The number of aromatic nitrogens is 1. The highest BCUT2D eigenvalue weighted by Crippen LogP contribution is 2.38. The van der Waals surface area contributed by atoms with Crippen molar-refractivity contribution in [3.05, 3.63) is 11.8 Å². The number of anilines is 2. The second kappa shape index (κ2) is 7.41. The molecule has 0 spiro atoms. The normalized spacial score (nSPS) is 13.3. The van der Waals surface area contributed by atoms with E-state index in [9.17, 15) is 13.2 Å². The van der Waals surface area contributed by atoms with Crippen molar-refractivity contribution in [1.29, 1.82) is 0 Å². The molecule has 0 fully saturated rings. The van der Waals surface area contributed by atoms with E-state index in [1.807, 2.05) is 46.4 Å². The molecular weight excluding hydrogens is 362 g/mol. The van der Waals surface area contributed by atoms with Crippen LogP contribution in [0, 0.1) is 5.92 Å². The second-order valence-electron chi connectivity index (χ2n) is 9.54. The molecule has 0 saturated carbocycles. The van der Waals surface area contributed by atoms with E-state index >= 15 is 0 Å². The van der Waals surface area contributed by atoms with Crippen molar-refractivity contribution in [2.45, 2.75) is 90.5 Å². The van der Waals surface area contributed by atoms with E-state index in [1.54, 1.807) is 27.7 Å². The molecule has 7 heteroatoms. The minimum Gasteiger partial charge on any atom is -0.397 e. The standard InChI is InChI=1S/C20H35N3O3S/c1-12(2)17(24)16-14(21)11-15(27(25,26)13(3)4)18(22-16)23(19(5,6)7)20(8,9)10/h11-13H,21H2,1-10H3. The Bertz CT molecular complexity index is 800. The first-order valence-corrected chi connectivity index (χ1v) is 10.9. The lowest BCUT2D eigenvalue weighted by Crippen LogP contribution is -2.54. The molecule has 0 atom stereocenters. The number of Topliss-reactive ketones (excluding diaryl/α,β-unsaturated/α-hetero) is 1. The van der Waals surface area contributed by atoms with Crippen LogP contribution in [0.25, 0.3) is 0 Å². The maximum absolute atomic E-state index is 13.1. The Balaban J connectivity index is 4.02. The van der Waals surface area contributed by atoms with E-state index in [1.165, 1.54) is 6.07 Å². The van der Waals surface area contributed by atoms with Crippen molar-refractivity contribution >= 4 is 27.1 Å². The number of hydrogen-bond acceptors (Lipinski definition) is 6. The highest BCUT2D eigenvalue weighted by Gasteiger charge is 2.38. The van der Waals surface area contributed by atoms with Gasteiger partial charge in [0, 0.05) is 17.0 Å². The molecule has 1 aromatic heterocycles. The lowest BCUT2D eigenvalue weighted by atomic mass is 9.95. The largest absolute Gasteiger partial charge is 0.397 e. The maximum atomic E-state index is 13.1. The molecule has 0 bridgehead atoms. The van der Waals surface area contributed by atoms with Crippen LogP contribution in [0.15, 0.2) is 11.0 Å². The molecule has 0 aromatic carbocycles. The molecule has 1 aromatic rings. The molecule has 1 rings (SSSR count). The van der Waals surface area contributed by atoms with E-state index in [2.05, 4.69) is 4.98 Å². The van der Waals surface area contributed by atoms with Crippen LogP contribution in [0.4, 0.5) is 11.5 Å². The molecule has 154 valence electrons. The van der Waals surface area contributed by atoms with Crippen LogP contribution in [0.2, 0.25) is 0 Å². The Morgan fingerprint density at radius 1 is 1.04 bits per heavy atom. The lowest BCUT2D eigenvalue weighted by molar-refractivity contribution is 0.0935. The number of nitrogens with zero attached hydrogens (tertiary/aromatic N) is 2. The zero-order valence-corrected chi connectivity index (χ0v) is 19.2. The van der Waals surface area contributed by atoms with Crippen LogP contribution in [0.1, 0.15) is 79.7 Å². The molecule has 6 nitrogen and oxygen atoms in total. The summed E-state index contributed by atoms with van der Waals surface area (Å²) >= 11 is 0. The third kappa shape index (κ3) is 4.81. The molecule has 2 N–H and O–H groups in total. The van der Waals surface area contributed by atoms with Crippen LogP contribution in [0.3, 0.4) is 0 Å². The summed E-state index contributed by atoms with van der Waals surface area (Å²) in [5.74, 6) is -0.218. The van der Waals surface area contributed by atoms with E-state index in [4.69, 9.17) is 5.73 Å². The van der Waals surface area contributed by atoms with Gasteiger partial charge in [0.2, 0.25) is 0 Å². The van der Waals surface area contributed by atoms with E-state index in [0.717, 1.165) is 0 Å². The van der Waals surface area contributed by atoms with Gasteiger partial charge >= 0.3 is 0 Å². The summed E-state index contributed by atoms with van der Waals surface area (Å²) in [5.41, 5.74) is 5.44. The van der Waals surface area contributed by atoms with Crippen LogP contribution < -0.4 is 10.6 Å². The number of sulfone groups is 1. The Kier molecular flexibility index (Phi) is 6.43. The fourth-order valence-corrected chi connectivity index (χ4v) is 4.43. The van der Waals surface area contributed by atoms with Gasteiger partial charge in [-0.25, -0.2) is 13.4 Å². The number of carbonyl (C=O) groups excluding carboxylic acids is 1. The average molecular weight is 398 g/mol. The van der Waals surface area contributed by atoms with Gasteiger partial charge in [-0.05, 0) is 61.5 Å². The monoisotopic (exact) mass is 397 g/mol. The quantitative estimate of drug-likeness (QED) is 0.752. The van der Waals surface area contributed by atoms with Gasteiger partial charge in [0.25, 0.3) is 0 Å². The molecule has 0 aliphatic carbocycles. The molecular formula is C20H35N3O3S. The minimum atomic E-state index is -3.65. The van der Waals surface area contributed by atoms with E-state index in [-0.39, 0.29) is 33.8 Å². The summed E-state index contributed by atoms with van der Waals surface area (Å²) in [6.45, 7) is 18.7. The lowest BCUT2D eigenvalue weighted by Gasteiger charge is -2.47. The predicted molar refractivity (Wildman–Crippen MR) is 112 cm³/mol. The number of nitrogens with two attached hydrogens (primary N) is 1. The summed E-state index contributed by atoms with van der Waals surface area (Å²) in [7, 11) is -3.65. The third-order valence-electron chi connectivity index (χ3n) is 4.24. The molecule has 1 heterocycles. The SMILES string of the molecule is CC(C)C(=O)c1nc(N(C(C)(C)C)C(C)(C)C)c(S(=O)(=O)C(C)C)cc1N. The number of carbonyl (C=O) groups is 1. The summed E-state index contributed by atoms with van der Waals surface area (Å²) in [5, 5.41) is -0.633. The summed E-state index contributed by atoms with van der Waals surface area (Å²) in [6, 6.07) is 1.40. The molecule has 27 heavy (non-hydrogen) atoms. The number of pyridine rings is 1. The van der Waals surface area contributed by atoms with Crippen LogP contribution in [-0.4, -0.2) is 35.5 Å². The van der Waals surface area contributed by atoms with Gasteiger partial charge in [0.1, 0.15) is 16.4 Å². The zero-order valence-electron chi connectivity index (χ0n) is 18.3. The van der Waals surface area contributed by atoms with Gasteiger partial charge in [-0.2, -0.15) is 0 Å². The topological polar surface area (TPSA) is 93.4 Å². The summed E-state index contributed by atoms with van der Waals surface area (Å²) in [4.78, 5) is 19.2. The minimum absolute atomic E-state index is 0.0696. The molecule has 0 unspecified atom stereocenters. The van der Waals surface area contributed by atoms with Crippen molar-refractivity contribution in [2.75, 3.05) is 10.6 Å². The molecule has 0 amide bonds. The Morgan fingerprint density at radius 3 is 1.81 bits per heavy atom.